The number of allylic oxidation sites excluding steroid dienone is 6. The Bertz CT molecular complexity index is 1780. The van der Waals surface area contributed by atoms with Crippen LogP contribution in [0.5, 0.6) is 0 Å². The highest BCUT2D eigenvalue weighted by Crippen LogP contribution is 2.46. The van der Waals surface area contributed by atoms with Crippen molar-refractivity contribution in [3.8, 4) is 24.3 Å². The molecule has 2 atom stereocenters. The number of nitrogens with zero attached hydrogens (tertiary/aromatic N) is 6. The van der Waals surface area contributed by atoms with Gasteiger partial charge in [0, 0.05) is 49.7 Å². The highest BCUT2D eigenvalue weighted by atomic mass is 16.6. The number of amides is 2. The van der Waals surface area contributed by atoms with Crippen LogP contribution in [0.1, 0.15) is 66.2 Å². The van der Waals surface area contributed by atoms with Gasteiger partial charge in [-0.05, 0) is 72.7 Å². The third kappa shape index (κ3) is 9.45. The number of rotatable bonds is 11. The lowest BCUT2D eigenvalue weighted by Gasteiger charge is -2.37. The van der Waals surface area contributed by atoms with E-state index in [0.717, 1.165) is 0 Å². The number of hydrogen-bond acceptors (Lipinski definition) is 12. The Kier molecular flexibility index (Phi) is 12.9. The van der Waals surface area contributed by atoms with E-state index in [-0.39, 0.29) is 70.2 Å². The summed E-state index contributed by atoms with van der Waals surface area (Å²) in [6.45, 7) is 16.1. The summed E-state index contributed by atoms with van der Waals surface area (Å²) in [5.74, 6) is -2.54. The Hall–Kier alpha value is -6.12. The summed E-state index contributed by atoms with van der Waals surface area (Å²) in [6.07, 6.45) is 5.30. The highest BCUT2D eigenvalue weighted by molar-refractivity contribution is 5.96. The monoisotopic (exact) mass is 734 g/mol. The fourth-order valence-electron chi connectivity index (χ4n) is 7.57. The molecule has 0 bridgehead atoms. The summed E-state index contributed by atoms with van der Waals surface area (Å²) >= 11 is 0. The minimum Gasteiger partial charge on any atom is -0.458 e. The molecular formula is C40H46N8O6. The van der Waals surface area contributed by atoms with Gasteiger partial charge in [0.1, 0.15) is 48.6 Å². The Labute approximate surface area is 316 Å². The van der Waals surface area contributed by atoms with E-state index in [1.165, 1.54) is 12.2 Å². The van der Waals surface area contributed by atoms with Crippen LogP contribution in [0.2, 0.25) is 0 Å². The summed E-state index contributed by atoms with van der Waals surface area (Å²) in [7, 11) is 0. The maximum absolute atomic E-state index is 13.3. The zero-order valence-corrected chi connectivity index (χ0v) is 31.3. The van der Waals surface area contributed by atoms with Gasteiger partial charge in [0.15, 0.2) is 0 Å². The molecule has 2 aliphatic heterocycles. The third-order valence-corrected chi connectivity index (χ3v) is 10.00. The average Bonchev–Trinajstić information content (AvgIpc) is 3.79. The molecule has 4 rings (SSSR count). The van der Waals surface area contributed by atoms with Crippen molar-refractivity contribution in [3.63, 3.8) is 0 Å². The fraction of sp³-hybridized carbons (Fsp3) is 0.500. The Morgan fingerprint density at radius 1 is 0.704 bits per heavy atom. The number of carbonyl (C=O) groups is 4. The minimum atomic E-state index is -0.980. The molecule has 2 heterocycles. The van der Waals surface area contributed by atoms with E-state index in [0.29, 0.717) is 63.3 Å². The first-order chi connectivity index (χ1) is 25.6. The molecule has 4 aliphatic rings. The van der Waals surface area contributed by atoms with E-state index in [4.69, 9.17) is 9.47 Å². The summed E-state index contributed by atoms with van der Waals surface area (Å²) in [6, 6.07) is 7.94. The lowest BCUT2D eigenvalue weighted by atomic mass is 9.72. The topological polar surface area (TPSA) is 212 Å². The molecule has 0 aromatic carbocycles. The van der Waals surface area contributed by atoms with Crippen molar-refractivity contribution in [3.05, 3.63) is 70.1 Å². The van der Waals surface area contributed by atoms with E-state index >= 15 is 0 Å². The van der Waals surface area contributed by atoms with Gasteiger partial charge in [-0.15, -0.1) is 0 Å². The van der Waals surface area contributed by atoms with Gasteiger partial charge in [-0.2, -0.15) is 21.0 Å². The SMILES string of the molecule is C=CC(=O)NC1CCN(C2=C(C#N)/C(=C(\C#N)C(=O)OCCOC(=O)/C(C#N)=C3\CC(C)(C)CC(N4CCC(NC(=O)C=C)C4)=C3C#N)CC(C)(C)C2)C1. The second-order valence-corrected chi connectivity index (χ2v) is 15.4. The predicted molar refractivity (Wildman–Crippen MR) is 195 cm³/mol. The number of carbonyl (C=O) groups excluding carboxylic acids is 4. The molecule has 282 valence electrons. The second-order valence-electron chi connectivity index (χ2n) is 15.4. The van der Waals surface area contributed by atoms with E-state index in [2.05, 4.69) is 35.9 Å². The van der Waals surface area contributed by atoms with Crippen molar-refractivity contribution < 1.29 is 28.7 Å². The molecule has 0 radical (unpaired) electrons. The molecule has 2 aliphatic carbocycles. The van der Waals surface area contributed by atoms with E-state index in [1.807, 2.05) is 49.6 Å². The van der Waals surface area contributed by atoms with Crippen LogP contribution in [0.15, 0.2) is 70.1 Å². The van der Waals surface area contributed by atoms with Crippen LogP contribution in [-0.4, -0.2) is 85.0 Å². The lowest BCUT2D eigenvalue weighted by molar-refractivity contribution is -0.146. The molecule has 0 aromatic heterocycles. The van der Waals surface area contributed by atoms with Crippen LogP contribution < -0.4 is 10.6 Å². The molecule has 54 heavy (non-hydrogen) atoms. The summed E-state index contributed by atoms with van der Waals surface area (Å²) in [5.41, 5.74) is 0.882. The standard InChI is InChI=1S/C40H46N8O6/c1-7-35(49)45-25-9-11-47(23-25)33-17-39(3,4)15-27(29(33)19-41)31(21-43)37(51)53-13-14-54-38(52)32(22-44)28-16-40(5,6)18-34(30(28)20-42)48-12-10-26(24-48)46-36(50)8-2/h7-8,25-26H,1-2,9-18,23-24H2,3-6H3,(H,45,49)(H,46,50)/b31-27+,32-28+. The first-order valence-corrected chi connectivity index (χ1v) is 17.8. The fourth-order valence-corrected chi connectivity index (χ4v) is 7.57. The smallest absolute Gasteiger partial charge is 0.349 e. The first-order valence-electron chi connectivity index (χ1n) is 17.8. The second kappa shape index (κ2) is 17.1. The summed E-state index contributed by atoms with van der Waals surface area (Å²) in [5, 5.41) is 46.5. The number of likely N-dealkylation sites (tertiary alicyclic amines) is 2. The molecule has 2 unspecified atom stereocenters. The van der Waals surface area contributed by atoms with Gasteiger partial charge in [0.25, 0.3) is 0 Å². The normalized spacial score (nSPS) is 23.5. The van der Waals surface area contributed by atoms with Crippen molar-refractivity contribution >= 4 is 23.8 Å². The maximum Gasteiger partial charge on any atom is 0.349 e. The number of ether oxygens (including phenoxy) is 2. The molecule has 14 heteroatoms. The Morgan fingerprint density at radius 2 is 1.07 bits per heavy atom. The predicted octanol–water partition coefficient (Wildman–Crippen LogP) is 3.66. The highest BCUT2D eigenvalue weighted by Gasteiger charge is 2.40. The first kappa shape index (κ1) is 40.6. The Balaban J connectivity index is 1.50. The maximum atomic E-state index is 13.3. The number of nitriles is 4. The Morgan fingerprint density at radius 3 is 1.39 bits per heavy atom. The van der Waals surface area contributed by atoms with E-state index < -0.39 is 36.0 Å². The summed E-state index contributed by atoms with van der Waals surface area (Å²) < 4.78 is 10.7. The van der Waals surface area contributed by atoms with Gasteiger partial charge < -0.3 is 29.9 Å². The van der Waals surface area contributed by atoms with Gasteiger partial charge in [-0.3, -0.25) is 9.59 Å². The lowest BCUT2D eigenvalue weighted by Crippen LogP contribution is -2.37. The number of hydrogen-bond donors (Lipinski definition) is 2. The van der Waals surface area contributed by atoms with Crippen LogP contribution >= 0.6 is 0 Å². The zero-order valence-electron chi connectivity index (χ0n) is 31.3. The molecule has 2 saturated heterocycles. The van der Waals surface area contributed by atoms with Crippen LogP contribution in [0.3, 0.4) is 0 Å². The van der Waals surface area contributed by atoms with Crippen LogP contribution in [-0.2, 0) is 28.7 Å². The van der Waals surface area contributed by atoms with Gasteiger partial charge in [-0.1, -0.05) is 40.9 Å². The van der Waals surface area contributed by atoms with Crippen molar-refractivity contribution in [2.45, 2.75) is 78.3 Å². The third-order valence-electron chi connectivity index (χ3n) is 10.00. The number of nitrogens with one attached hydrogen (secondary N) is 2. The van der Waals surface area contributed by atoms with Gasteiger partial charge in [-0.25, -0.2) is 9.59 Å². The molecule has 14 nitrogen and oxygen atoms in total. The van der Waals surface area contributed by atoms with Crippen molar-refractivity contribution in [2.24, 2.45) is 10.8 Å². The molecule has 0 saturated carbocycles. The van der Waals surface area contributed by atoms with Crippen molar-refractivity contribution in [2.75, 3.05) is 39.4 Å². The largest absolute Gasteiger partial charge is 0.458 e. The van der Waals surface area contributed by atoms with Crippen molar-refractivity contribution in [1.82, 2.24) is 20.4 Å². The van der Waals surface area contributed by atoms with Crippen molar-refractivity contribution in [1.29, 1.82) is 21.0 Å². The molecule has 2 N–H and O–H groups in total. The minimum absolute atomic E-state index is 0.147. The number of esters is 2. The molecule has 2 fully saturated rings. The van der Waals surface area contributed by atoms with Gasteiger partial charge in [0.2, 0.25) is 11.8 Å². The summed E-state index contributed by atoms with van der Waals surface area (Å²) in [4.78, 5) is 54.3. The van der Waals surface area contributed by atoms with Gasteiger partial charge >= 0.3 is 11.9 Å². The van der Waals surface area contributed by atoms with E-state index in [9.17, 15) is 40.2 Å². The van der Waals surface area contributed by atoms with Gasteiger partial charge in [0.05, 0.1) is 11.1 Å². The van der Waals surface area contributed by atoms with Crippen LogP contribution in [0.4, 0.5) is 0 Å². The van der Waals surface area contributed by atoms with E-state index in [1.54, 1.807) is 0 Å². The molecule has 0 aromatic rings. The van der Waals surface area contributed by atoms with Crippen LogP contribution in [0.25, 0.3) is 0 Å². The molecular weight excluding hydrogens is 688 g/mol. The quantitative estimate of drug-likeness (QED) is 0.135. The molecule has 0 spiro atoms. The van der Waals surface area contributed by atoms with Crippen LogP contribution in [0, 0.1) is 56.2 Å². The molecule has 2 amide bonds. The zero-order chi connectivity index (χ0) is 39.8. The average molecular weight is 735 g/mol.